The first-order valence-corrected chi connectivity index (χ1v) is 8.75. The highest BCUT2D eigenvalue weighted by atomic mass is 35.5. The Bertz CT molecular complexity index is 996. The van der Waals surface area contributed by atoms with Crippen LogP contribution >= 0.6 is 22.9 Å². The van der Waals surface area contributed by atoms with Crippen LogP contribution in [0.25, 0.3) is 10.2 Å². The van der Waals surface area contributed by atoms with E-state index in [1.165, 1.54) is 9.95 Å². The van der Waals surface area contributed by atoms with Gasteiger partial charge in [0, 0.05) is 23.9 Å². The zero-order valence-electron chi connectivity index (χ0n) is 13.4. The summed E-state index contributed by atoms with van der Waals surface area (Å²) >= 11 is 7.36. The molecule has 25 heavy (non-hydrogen) atoms. The first-order chi connectivity index (χ1) is 12.0. The van der Waals surface area contributed by atoms with Crippen molar-refractivity contribution in [3.63, 3.8) is 0 Å². The Balaban J connectivity index is 2.20. The third-order valence-electron chi connectivity index (χ3n) is 3.82. The molecule has 130 valence electrons. The minimum absolute atomic E-state index is 0.0244. The van der Waals surface area contributed by atoms with E-state index in [1.54, 1.807) is 13.2 Å². The van der Waals surface area contributed by atoms with Gasteiger partial charge in [0.05, 0.1) is 24.1 Å². The predicted molar refractivity (Wildman–Crippen MR) is 97.0 cm³/mol. The molecule has 0 aliphatic rings. The molecule has 2 heterocycles. The smallest absolute Gasteiger partial charge is 0.337 e. The van der Waals surface area contributed by atoms with Crippen LogP contribution in [0.5, 0.6) is 0 Å². The summed E-state index contributed by atoms with van der Waals surface area (Å²) in [5, 5.41) is 11.4. The van der Waals surface area contributed by atoms with Crippen LogP contribution in [0.4, 0.5) is 0 Å². The number of halogens is 1. The first-order valence-electron chi connectivity index (χ1n) is 7.49. The van der Waals surface area contributed by atoms with Crippen LogP contribution < -0.4 is 5.56 Å². The molecule has 0 amide bonds. The summed E-state index contributed by atoms with van der Waals surface area (Å²) in [6.07, 6.45) is 0.437. The van der Waals surface area contributed by atoms with Crippen LogP contribution in [0, 0.1) is 0 Å². The van der Waals surface area contributed by atoms with Crippen LogP contribution in [0.15, 0.2) is 34.4 Å². The van der Waals surface area contributed by atoms with E-state index >= 15 is 0 Å². The predicted octanol–water partition coefficient (Wildman–Crippen LogP) is 3.05. The lowest BCUT2D eigenvalue weighted by molar-refractivity contribution is 0.0699. The Morgan fingerprint density at radius 2 is 2.16 bits per heavy atom. The summed E-state index contributed by atoms with van der Waals surface area (Å²) in [6.45, 7) is 0.618. The first kappa shape index (κ1) is 17.6. The van der Waals surface area contributed by atoms with Crippen LogP contribution in [-0.4, -0.2) is 34.3 Å². The van der Waals surface area contributed by atoms with Crippen molar-refractivity contribution in [2.24, 2.45) is 0 Å². The lowest BCUT2D eigenvalue weighted by Gasteiger charge is -2.13. The molecule has 0 atom stereocenters. The Labute approximate surface area is 152 Å². The summed E-state index contributed by atoms with van der Waals surface area (Å²) < 4.78 is 6.57. The molecular formula is C17H15ClN2O4S. The average Bonchev–Trinajstić information content (AvgIpc) is 3.02. The van der Waals surface area contributed by atoms with Gasteiger partial charge in [-0.1, -0.05) is 29.8 Å². The van der Waals surface area contributed by atoms with E-state index in [-0.39, 0.29) is 23.1 Å². The summed E-state index contributed by atoms with van der Waals surface area (Å²) in [7, 11) is 1.57. The number of hydrogen-bond acceptors (Lipinski definition) is 5. The summed E-state index contributed by atoms with van der Waals surface area (Å²) in [5.74, 6) is -0.600. The van der Waals surface area contributed by atoms with E-state index in [0.717, 1.165) is 16.9 Å². The molecule has 3 aromatic rings. The number of aromatic carboxylic acids is 1. The average molecular weight is 379 g/mol. The number of aromatic nitrogens is 2. The van der Waals surface area contributed by atoms with Gasteiger partial charge in [0.2, 0.25) is 0 Å². The van der Waals surface area contributed by atoms with Crippen molar-refractivity contribution in [2.75, 3.05) is 13.7 Å². The van der Waals surface area contributed by atoms with Gasteiger partial charge < -0.3 is 9.84 Å². The molecule has 0 unspecified atom stereocenters. The number of ether oxygens (including phenoxy) is 1. The van der Waals surface area contributed by atoms with Gasteiger partial charge in [-0.2, -0.15) is 0 Å². The lowest BCUT2D eigenvalue weighted by Crippen LogP contribution is -2.27. The van der Waals surface area contributed by atoms with Gasteiger partial charge in [0.25, 0.3) is 5.56 Å². The van der Waals surface area contributed by atoms with Gasteiger partial charge >= 0.3 is 5.97 Å². The number of carbonyl (C=O) groups is 1. The fourth-order valence-electron chi connectivity index (χ4n) is 2.57. The molecule has 0 aliphatic heterocycles. The lowest BCUT2D eigenvalue weighted by atomic mass is 10.2. The van der Waals surface area contributed by atoms with E-state index in [0.29, 0.717) is 28.7 Å². The molecule has 0 fully saturated rings. The van der Waals surface area contributed by atoms with Gasteiger partial charge in [0.1, 0.15) is 10.7 Å². The summed E-state index contributed by atoms with van der Waals surface area (Å²) in [5.41, 5.74) is 0.358. The molecule has 0 radical (unpaired) electrons. The Morgan fingerprint density at radius 3 is 2.84 bits per heavy atom. The second kappa shape index (κ2) is 7.35. The normalized spacial score (nSPS) is 11.1. The Hall–Kier alpha value is -2.22. The molecule has 6 nitrogen and oxygen atoms in total. The fourth-order valence-corrected chi connectivity index (χ4v) is 3.68. The molecule has 2 aromatic heterocycles. The molecular weight excluding hydrogens is 364 g/mol. The minimum Gasteiger partial charge on any atom is -0.478 e. The number of benzene rings is 1. The maximum absolute atomic E-state index is 13.0. The number of carboxylic acids is 1. The van der Waals surface area contributed by atoms with Crippen LogP contribution in [0.3, 0.4) is 0 Å². The minimum atomic E-state index is -1.14. The summed E-state index contributed by atoms with van der Waals surface area (Å²) in [6, 6.07) is 7.21. The van der Waals surface area contributed by atoms with E-state index in [4.69, 9.17) is 16.3 Å². The topological polar surface area (TPSA) is 81.4 Å². The molecule has 1 aromatic carbocycles. The van der Waals surface area contributed by atoms with Crippen molar-refractivity contribution in [1.82, 2.24) is 9.55 Å². The molecule has 0 saturated carbocycles. The Morgan fingerprint density at radius 1 is 1.40 bits per heavy atom. The zero-order valence-corrected chi connectivity index (χ0v) is 14.9. The maximum Gasteiger partial charge on any atom is 0.337 e. The quantitative estimate of drug-likeness (QED) is 0.713. The highest BCUT2D eigenvalue weighted by molar-refractivity contribution is 7.17. The molecule has 3 rings (SSSR count). The maximum atomic E-state index is 13.0. The van der Waals surface area contributed by atoms with Gasteiger partial charge in [-0.25, -0.2) is 9.78 Å². The van der Waals surface area contributed by atoms with Crippen molar-refractivity contribution >= 4 is 39.1 Å². The van der Waals surface area contributed by atoms with Crippen LogP contribution in [0.1, 0.15) is 21.7 Å². The molecule has 1 N–H and O–H groups in total. The van der Waals surface area contributed by atoms with Gasteiger partial charge in [-0.3, -0.25) is 9.36 Å². The molecule has 8 heteroatoms. The highest BCUT2D eigenvalue weighted by Crippen LogP contribution is 2.23. The van der Waals surface area contributed by atoms with Crippen molar-refractivity contribution in [2.45, 2.75) is 13.0 Å². The largest absolute Gasteiger partial charge is 0.478 e. The standard InChI is InChI=1S/C17H15ClN2O4S/c1-24-7-6-13-19-15-14(11(9-25-15)17(22)23)16(21)20(13)8-10-4-2-3-5-12(10)18/h2-5,9H,6-8H2,1H3,(H,22,23). The third-order valence-corrected chi connectivity index (χ3v) is 5.06. The van der Waals surface area contributed by atoms with Crippen LogP contribution in [-0.2, 0) is 17.7 Å². The van der Waals surface area contributed by atoms with Gasteiger partial charge in [-0.15, -0.1) is 11.3 Å². The third kappa shape index (κ3) is 3.44. The van der Waals surface area contributed by atoms with Crippen molar-refractivity contribution < 1.29 is 14.6 Å². The Kier molecular flexibility index (Phi) is 5.17. The zero-order chi connectivity index (χ0) is 18.0. The molecule has 0 aliphatic carbocycles. The van der Waals surface area contributed by atoms with Crippen molar-refractivity contribution in [1.29, 1.82) is 0 Å². The number of thiophene rings is 1. The number of rotatable bonds is 6. The number of carboxylic acid groups (broad SMARTS) is 1. The second-order valence-electron chi connectivity index (χ2n) is 5.39. The van der Waals surface area contributed by atoms with Crippen molar-refractivity contribution in [3.8, 4) is 0 Å². The fraction of sp³-hybridized carbons (Fsp3) is 0.235. The number of nitrogens with zero attached hydrogens (tertiary/aromatic N) is 2. The van der Waals surface area contributed by atoms with Crippen LogP contribution in [0.2, 0.25) is 5.02 Å². The molecule has 0 saturated heterocycles. The van der Waals surface area contributed by atoms with E-state index < -0.39 is 5.97 Å². The number of hydrogen-bond donors (Lipinski definition) is 1. The highest BCUT2D eigenvalue weighted by Gasteiger charge is 2.20. The van der Waals surface area contributed by atoms with E-state index in [1.807, 2.05) is 18.2 Å². The monoisotopic (exact) mass is 378 g/mol. The molecule has 0 bridgehead atoms. The molecule has 0 spiro atoms. The van der Waals surface area contributed by atoms with Crippen molar-refractivity contribution in [3.05, 3.63) is 62.0 Å². The van der Waals surface area contributed by atoms with Gasteiger partial charge in [-0.05, 0) is 11.6 Å². The van der Waals surface area contributed by atoms with E-state index in [9.17, 15) is 14.7 Å². The number of methoxy groups -OCH3 is 1. The van der Waals surface area contributed by atoms with E-state index in [2.05, 4.69) is 4.98 Å². The second-order valence-corrected chi connectivity index (χ2v) is 6.65. The number of fused-ring (bicyclic) bond motifs is 1. The van der Waals surface area contributed by atoms with Gasteiger partial charge in [0.15, 0.2) is 0 Å². The SMILES string of the molecule is COCCc1nc2scc(C(=O)O)c2c(=O)n1Cc1ccccc1Cl. The summed E-state index contributed by atoms with van der Waals surface area (Å²) in [4.78, 5) is 29.3.